The lowest BCUT2D eigenvalue weighted by Gasteiger charge is -2.34. The molecule has 0 saturated carbocycles. The van der Waals surface area contributed by atoms with E-state index in [0.29, 0.717) is 0 Å². The van der Waals surface area contributed by atoms with Gasteiger partial charge in [0.05, 0.1) is 19.8 Å². The number of fused-ring (bicyclic) bond motifs is 1. The smallest absolute Gasteiger partial charge is 0.161 e. The highest BCUT2D eigenvalue weighted by atomic mass is 16.5. The molecule has 1 aromatic rings. The number of hydrogen-bond donors (Lipinski definition) is 1. The Hall–Kier alpha value is -1.26. The predicted molar refractivity (Wildman–Crippen MR) is 77.3 cm³/mol. The standard InChI is InChI=1S/C16H23NO3/c1-16(6-2-7-18-12-16)17-11-13-4-5-14-15(10-13)20-9-3-8-19-14/h4-5,10,17H,2-3,6-9,11-12H2,1H3. The summed E-state index contributed by atoms with van der Waals surface area (Å²) in [5.41, 5.74) is 1.31. The van der Waals surface area contributed by atoms with Crippen LogP contribution >= 0.6 is 0 Å². The Labute approximate surface area is 120 Å². The van der Waals surface area contributed by atoms with Crippen molar-refractivity contribution in [3.05, 3.63) is 23.8 Å². The number of hydrogen-bond acceptors (Lipinski definition) is 4. The van der Waals surface area contributed by atoms with Gasteiger partial charge in [-0.2, -0.15) is 0 Å². The maximum Gasteiger partial charge on any atom is 0.161 e. The molecule has 1 aromatic carbocycles. The lowest BCUT2D eigenvalue weighted by atomic mass is 9.94. The second-order valence-corrected chi connectivity index (χ2v) is 5.90. The quantitative estimate of drug-likeness (QED) is 0.921. The van der Waals surface area contributed by atoms with Gasteiger partial charge in [0.25, 0.3) is 0 Å². The van der Waals surface area contributed by atoms with Crippen LogP contribution in [0.25, 0.3) is 0 Å². The van der Waals surface area contributed by atoms with Gasteiger partial charge in [0.1, 0.15) is 0 Å². The van der Waals surface area contributed by atoms with Crippen LogP contribution in [0.1, 0.15) is 31.7 Å². The first-order valence-corrected chi connectivity index (χ1v) is 7.47. The number of nitrogens with one attached hydrogen (secondary N) is 1. The largest absolute Gasteiger partial charge is 0.490 e. The van der Waals surface area contributed by atoms with E-state index in [4.69, 9.17) is 14.2 Å². The van der Waals surface area contributed by atoms with E-state index in [0.717, 1.165) is 63.7 Å². The number of rotatable bonds is 3. The van der Waals surface area contributed by atoms with Crippen LogP contribution in [0.3, 0.4) is 0 Å². The molecule has 4 heteroatoms. The number of benzene rings is 1. The Morgan fingerprint density at radius 1 is 1.10 bits per heavy atom. The Balaban J connectivity index is 1.64. The third-order valence-electron chi connectivity index (χ3n) is 3.97. The number of ether oxygens (including phenoxy) is 3. The molecule has 0 bridgehead atoms. The van der Waals surface area contributed by atoms with Crippen LogP contribution in [0.2, 0.25) is 0 Å². The molecule has 20 heavy (non-hydrogen) atoms. The first-order valence-electron chi connectivity index (χ1n) is 7.47. The monoisotopic (exact) mass is 277 g/mol. The second kappa shape index (κ2) is 6.02. The molecule has 1 unspecified atom stereocenters. The Morgan fingerprint density at radius 2 is 1.95 bits per heavy atom. The maximum absolute atomic E-state index is 5.73. The van der Waals surface area contributed by atoms with Crippen molar-refractivity contribution in [3.63, 3.8) is 0 Å². The van der Waals surface area contributed by atoms with Gasteiger partial charge in [0.15, 0.2) is 11.5 Å². The van der Waals surface area contributed by atoms with Crippen molar-refractivity contribution in [2.24, 2.45) is 0 Å². The average molecular weight is 277 g/mol. The van der Waals surface area contributed by atoms with Crippen molar-refractivity contribution in [1.82, 2.24) is 5.32 Å². The summed E-state index contributed by atoms with van der Waals surface area (Å²) in [6, 6.07) is 6.20. The summed E-state index contributed by atoms with van der Waals surface area (Å²) >= 11 is 0. The zero-order valence-electron chi connectivity index (χ0n) is 12.1. The van der Waals surface area contributed by atoms with Crippen LogP contribution in [0.4, 0.5) is 0 Å². The normalized spacial score (nSPS) is 26.1. The summed E-state index contributed by atoms with van der Waals surface area (Å²) < 4.78 is 17.0. The lowest BCUT2D eigenvalue weighted by molar-refractivity contribution is 0.0278. The molecule has 4 nitrogen and oxygen atoms in total. The van der Waals surface area contributed by atoms with Crippen molar-refractivity contribution in [2.45, 2.75) is 38.3 Å². The molecule has 0 spiro atoms. The van der Waals surface area contributed by atoms with E-state index in [-0.39, 0.29) is 5.54 Å². The summed E-state index contributed by atoms with van der Waals surface area (Å²) in [6.45, 7) is 6.21. The topological polar surface area (TPSA) is 39.7 Å². The Morgan fingerprint density at radius 3 is 2.75 bits per heavy atom. The fourth-order valence-electron chi connectivity index (χ4n) is 2.71. The molecule has 0 radical (unpaired) electrons. The lowest BCUT2D eigenvalue weighted by Crippen LogP contribution is -2.48. The summed E-state index contributed by atoms with van der Waals surface area (Å²) in [4.78, 5) is 0. The minimum Gasteiger partial charge on any atom is -0.490 e. The minimum absolute atomic E-state index is 0.0857. The molecule has 2 aliphatic heterocycles. The van der Waals surface area contributed by atoms with Crippen molar-refractivity contribution in [1.29, 1.82) is 0 Å². The highest BCUT2D eigenvalue weighted by Gasteiger charge is 2.26. The molecule has 0 amide bonds. The second-order valence-electron chi connectivity index (χ2n) is 5.90. The minimum atomic E-state index is 0.0857. The zero-order valence-corrected chi connectivity index (χ0v) is 12.1. The SMILES string of the molecule is CC1(NCc2ccc3c(c2)OCCCO3)CCCOC1. The summed E-state index contributed by atoms with van der Waals surface area (Å²) in [6.07, 6.45) is 3.24. The van der Waals surface area contributed by atoms with Gasteiger partial charge in [0, 0.05) is 25.1 Å². The first-order chi connectivity index (χ1) is 9.75. The van der Waals surface area contributed by atoms with E-state index < -0.39 is 0 Å². The van der Waals surface area contributed by atoms with E-state index in [1.165, 1.54) is 5.56 Å². The first kappa shape index (κ1) is 13.7. The van der Waals surface area contributed by atoms with Crippen molar-refractivity contribution in [3.8, 4) is 11.5 Å². The molecular formula is C16H23NO3. The van der Waals surface area contributed by atoms with Crippen molar-refractivity contribution in [2.75, 3.05) is 26.4 Å². The highest BCUT2D eigenvalue weighted by molar-refractivity contribution is 5.43. The van der Waals surface area contributed by atoms with Gasteiger partial charge in [-0.3, -0.25) is 0 Å². The van der Waals surface area contributed by atoms with E-state index in [9.17, 15) is 0 Å². The van der Waals surface area contributed by atoms with E-state index in [1.54, 1.807) is 0 Å². The van der Waals surface area contributed by atoms with Crippen molar-refractivity contribution < 1.29 is 14.2 Å². The van der Waals surface area contributed by atoms with Gasteiger partial charge in [0.2, 0.25) is 0 Å². The third kappa shape index (κ3) is 3.25. The molecule has 1 saturated heterocycles. The van der Waals surface area contributed by atoms with Gasteiger partial charge in [-0.1, -0.05) is 6.07 Å². The predicted octanol–water partition coefficient (Wildman–Crippen LogP) is 2.51. The highest BCUT2D eigenvalue weighted by Crippen LogP contribution is 2.30. The van der Waals surface area contributed by atoms with E-state index >= 15 is 0 Å². The van der Waals surface area contributed by atoms with Gasteiger partial charge < -0.3 is 19.5 Å². The maximum atomic E-state index is 5.73. The molecule has 3 rings (SSSR count). The van der Waals surface area contributed by atoms with E-state index in [2.05, 4.69) is 24.4 Å². The molecule has 110 valence electrons. The molecule has 1 fully saturated rings. The third-order valence-corrected chi connectivity index (χ3v) is 3.97. The summed E-state index contributed by atoms with van der Waals surface area (Å²) in [5, 5.41) is 3.62. The van der Waals surface area contributed by atoms with Crippen LogP contribution in [-0.4, -0.2) is 32.0 Å². The van der Waals surface area contributed by atoms with Gasteiger partial charge in [-0.15, -0.1) is 0 Å². The zero-order chi connectivity index (χ0) is 13.8. The van der Waals surface area contributed by atoms with Gasteiger partial charge in [-0.05, 0) is 37.5 Å². The van der Waals surface area contributed by atoms with E-state index in [1.807, 2.05) is 6.07 Å². The fraction of sp³-hybridized carbons (Fsp3) is 0.625. The Bertz CT molecular complexity index is 455. The average Bonchev–Trinajstić information content (AvgIpc) is 2.71. The molecule has 0 aromatic heterocycles. The summed E-state index contributed by atoms with van der Waals surface area (Å²) in [7, 11) is 0. The van der Waals surface area contributed by atoms with Crippen LogP contribution < -0.4 is 14.8 Å². The van der Waals surface area contributed by atoms with Crippen LogP contribution in [-0.2, 0) is 11.3 Å². The molecule has 1 N–H and O–H groups in total. The molecule has 0 aliphatic carbocycles. The molecular weight excluding hydrogens is 254 g/mol. The molecule has 1 atom stereocenters. The van der Waals surface area contributed by atoms with Crippen molar-refractivity contribution >= 4 is 0 Å². The van der Waals surface area contributed by atoms with Gasteiger partial charge >= 0.3 is 0 Å². The van der Waals surface area contributed by atoms with Crippen LogP contribution in [0.5, 0.6) is 11.5 Å². The Kier molecular flexibility index (Phi) is 4.13. The van der Waals surface area contributed by atoms with Gasteiger partial charge in [-0.25, -0.2) is 0 Å². The fourth-order valence-corrected chi connectivity index (χ4v) is 2.71. The van der Waals surface area contributed by atoms with Crippen LogP contribution in [0.15, 0.2) is 18.2 Å². The van der Waals surface area contributed by atoms with Crippen LogP contribution in [0, 0.1) is 0 Å². The molecule has 2 heterocycles. The summed E-state index contributed by atoms with van der Waals surface area (Å²) in [5.74, 6) is 1.73. The molecule has 2 aliphatic rings.